The molecule has 0 bridgehead atoms. The van der Waals surface area contributed by atoms with Gasteiger partial charge in [0, 0.05) is 30.1 Å². The molecule has 4 rings (SSSR count). The maximum Gasteiger partial charge on any atom is 0.416 e. The van der Waals surface area contributed by atoms with Crippen LogP contribution in [-0.2, 0) is 22.6 Å². The van der Waals surface area contributed by atoms with E-state index in [0.29, 0.717) is 28.8 Å². The first-order valence-corrected chi connectivity index (χ1v) is 14.9. The number of aliphatic hydroxyl groups is 1. The maximum atomic E-state index is 14.1. The van der Waals surface area contributed by atoms with Crippen LogP contribution in [0.1, 0.15) is 80.3 Å². The van der Waals surface area contributed by atoms with Gasteiger partial charge < -0.3 is 10.0 Å². The van der Waals surface area contributed by atoms with Crippen LogP contribution in [0, 0.1) is 24.6 Å². The molecule has 11 heteroatoms. The van der Waals surface area contributed by atoms with Crippen LogP contribution in [0.3, 0.4) is 0 Å². The first kappa shape index (κ1) is 35.0. The summed E-state index contributed by atoms with van der Waals surface area (Å²) in [6.07, 6.45) is -5.43. The smallest absolute Gasteiger partial charge is 0.416 e. The number of hydrogen-bond acceptors (Lipinski definition) is 3. The summed E-state index contributed by atoms with van der Waals surface area (Å²) in [5.74, 6) is -0.796. The van der Waals surface area contributed by atoms with Gasteiger partial charge in [-0.05, 0) is 105 Å². The molecule has 1 N–H and O–H groups in total. The van der Waals surface area contributed by atoms with Crippen molar-refractivity contribution in [1.29, 1.82) is 0 Å². The minimum absolute atomic E-state index is 0.0278. The molecule has 1 aliphatic carbocycles. The fourth-order valence-corrected chi connectivity index (χ4v) is 6.25. The highest BCUT2D eigenvalue weighted by Gasteiger charge is 2.41. The molecule has 3 aromatic rings. The molecule has 1 unspecified atom stereocenters. The number of nitrogens with zero attached hydrogens (tertiary/aromatic N) is 2. The number of amides is 1. The van der Waals surface area contributed by atoms with E-state index in [2.05, 4.69) is 11.6 Å². The average Bonchev–Trinajstić information content (AvgIpc) is 2.98. The summed E-state index contributed by atoms with van der Waals surface area (Å²) < 4.78 is 95.9. The van der Waals surface area contributed by atoms with E-state index in [1.807, 2.05) is 13.0 Å². The number of likely N-dealkylation sites (N-methyl/N-ethyl adjacent to an activating group) is 1. The summed E-state index contributed by atoms with van der Waals surface area (Å²) in [4.78, 5) is 19.8. The Bertz CT molecular complexity index is 1590. The number of carbonyl (C=O) groups is 1. The third-order valence-electron chi connectivity index (χ3n) is 9.32. The molecule has 1 saturated carbocycles. The molecular formula is C35H37F7N2O2. The predicted octanol–water partition coefficient (Wildman–Crippen LogP) is 10.2. The summed E-state index contributed by atoms with van der Waals surface area (Å²) in [5, 5.41) is 9.85. The molecule has 2 aromatic carbocycles. The van der Waals surface area contributed by atoms with Crippen molar-refractivity contribution in [3.63, 3.8) is 0 Å². The summed E-state index contributed by atoms with van der Waals surface area (Å²) in [6.45, 7) is 9.84. The first-order chi connectivity index (χ1) is 21.2. The second kappa shape index (κ2) is 12.7. The van der Waals surface area contributed by atoms with Gasteiger partial charge in [-0.3, -0.25) is 9.78 Å². The van der Waals surface area contributed by atoms with Crippen LogP contribution < -0.4 is 4.90 Å². The van der Waals surface area contributed by atoms with Gasteiger partial charge in [0.05, 0.1) is 34.2 Å². The number of aromatic nitrogens is 1. The molecule has 46 heavy (non-hydrogen) atoms. The van der Waals surface area contributed by atoms with Gasteiger partial charge in [-0.1, -0.05) is 19.6 Å². The number of carbonyl (C=O) groups excluding carboxylic acids is 1. The highest BCUT2D eigenvalue weighted by molar-refractivity contribution is 6.03. The highest BCUT2D eigenvalue weighted by Crippen LogP contribution is 2.43. The van der Waals surface area contributed by atoms with Gasteiger partial charge in [0.2, 0.25) is 5.91 Å². The Morgan fingerprint density at radius 3 is 1.96 bits per heavy atom. The molecule has 0 aliphatic heterocycles. The van der Waals surface area contributed by atoms with E-state index in [1.165, 1.54) is 44.1 Å². The minimum Gasteiger partial charge on any atom is -0.513 e. The molecule has 0 spiro atoms. The second-order valence-electron chi connectivity index (χ2n) is 12.8. The fraction of sp³-hybridized carbons (Fsp3) is 0.429. The second-order valence-corrected chi connectivity index (χ2v) is 12.8. The number of anilines is 1. The van der Waals surface area contributed by atoms with Gasteiger partial charge in [0.1, 0.15) is 5.82 Å². The zero-order chi connectivity index (χ0) is 34.4. The first-order valence-electron chi connectivity index (χ1n) is 14.9. The van der Waals surface area contributed by atoms with Crippen molar-refractivity contribution < 1.29 is 40.6 Å². The van der Waals surface area contributed by atoms with Crippen molar-refractivity contribution in [2.45, 2.75) is 77.1 Å². The number of aryl methyl sites for hydroxylation is 1. The van der Waals surface area contributed by atoms with Crippen LogP contribution in [0.4, 0.5) is 36.4 Å². The Labute approximate surface area is 264 Å². The zero-order valence-electron chi connectivity index (χ0n) is 26.3. The molecule has 1 heterocycles. The fourth-order valence-electron chi connectivity index (χ4n) is 6.25. The Balaban J connectivity index is 1.76. The van der Waals surface area contributed by atoms with Gasteiger partial charge in [-0.25, -0.2) is 4.39 Å². The number of halogens is 7. The van der Waals surface area contributed by atoms with Crippen molar-refractivity contribution in [1.82, 2.24) is 4.98 Å². The summed E-state index contributed by atoms with van der Waals surface area (Å²) in [7, 11) is 1.38. The van der Waals surface area contributed by atoms with Gasteiger partial charge in [-0.15, -0.1) is 0 Å². The van der Waals surface area contributed by atoms with Crippen molar-refractivity contribution in [3.8, 4) is 11.1 Å². The minimum atomic E-state index is -5.07. The van der Waals surface area contributed by atoms with Gasteiger partial charge in [-0.2, -0.15) is 26.3 Å². The van der Waals surface area contributed by atoms with Crippen molar-refractivity contribution in [2.24, 2.45) is 11.8 Å². The normalized spacial score (nSPS) is 18.3. The lowest BCUT2D eigenvalue weighted by molar-refractivity contribution is -0.143. The zero-order valence-corrected chi connectivity index (χ0v) is 26.3. The van der Waals surface area contributed by atoms with Gasteiger partial charge in [0.25, 0.3) is 0 Å². The standard InChI is InChI=1S/C35H37F7N2O2/c1-19-13-27(36)11-12-28(19)29-17-30(23-9-7-22(8-10-23)20(2)21(3)45)43-18-31(29)44(6)32(46)33(4,5)24-14-25(34(37,38)39)16-26(15-24)35(40,41)42/h11-18,20,22-23,45H,3,7-10H2,1-2,4-6H3. The summed E-state index contributed by atoms with van der Waals surface area (Å²) >= 11 is 0. The number of rotatable bonds is 7. The molecule has 1 atom stereocenters. The third-order valence-corrected chi connectivity index (χ3v) is 9.32. The van der Waals surface area contributed by atoms with Crippen molar-refractivity contribution >= 4 is 11.6 Å². The largest absolute Gasteiger partial charge is 0.513 e. The van der Waals surface area contributed by atoms with Crippen LogP contribution in [0.25, 0.3) is 11.1 Å². The summed E-state index contributed by atoms with van der Waals surface area (Å²) in [5.41, 5.74) is -2.62. The molecule has 0 saturated heterocycles. The Morgan fingerprint density at radius 2 is 1.46 bits per heavy atom. The number of allylic oxidation sites excluding steroid dienone is 1. The molecule has 1 aromatic heterocycles. The lowest BCUT2D eigenvalue weighted by Crippen LogP contribution is -2.42. The van der Waals surface area contributed by atoms with Crippen molar-refractivity contribution in [3.05, 3.63) is 94.8 Å². The van der Waals surface area contributed by atoms with E-state index in [4.69, 9.17) is 0 Å². The van der Waals surface area contributed by atoms with Crippen LogP contribution in [0.15, 0.2) is 61.0 Å². The van der Waals surface area contributed by atoms with Crippen LogP contribution in [0.5, 0.6) is 0 Å². The number of hydrogen-bond donors (Lipinski definition) is 1. The van der Waals surface area contributed by atoms with Gasteiger partial charge in [0.15, 0.2) is 0 Å². The Morgan fingerprint density at radius 1 is 0.913 bits per heavy atom. The number of benzene rings is 2. The molecular weight excluding hydrogens is 613 g/mol. The third kappa shape index (κ3) is 7.23. The lowest BCUT2D eigenvalue weighted by Gasteiger charge is -2.33. The quantitative estimate of drug-likeness (QED) is 0.205. The van der Waals surface area contributed by atoms with E-state index in [9.17, 15) is 40.6 Å². The molecule has 0 radical (unpaired) electrons. The molecule has 4 nitrogen and oxygen atoms in total. The predicted molar refractivity (Wildman–Crippen MR) is 163 cm³/mol. The van der Waals surface area contributed by atoms with E-state index in [1.54, 1.807) is 13.0 Å². The topological polar surface area (TPSA) is 53.4 Å². The monoisotopic (exact) mass is 650 g/mol. The van der Waals surface area contributed by atoms with E-state index >= 15 is 0 Å². The van der Waals surface area contributed by atoms with Crippen LogP contribution >= 0.6 is 0 Å². The van der Waals surface area contributed by atoms with E-state index < -0.39 is 46.2 Å². The molecule has 1 amide bonds. The Hall–Kier alpha value is -3.89. The van der Waals surface area contributed by atoms with E-state index in [-0.39, 0.29) is 35.3 Å². The van der Waals surface area contributed by atoms with E-state index in [0.717, 1.165) is 31.4 Å². The maximum absolute atomic E-state index is 14.1. The molecule has 1 aliphatic rings. The lowest BCUT2D eigenvalue weighted by atomic mass is 9.74. The number of pyridine rings is 1. The van der Waals surface area contributed by atoms with Crippen LogP contribution in [-0.4, -0.2) is 23.0 Å². The number of aliphatic hydroxyl groups excluding tert-OH is 1. The van der Waals surface area contributed by atoms with Crippen LogP contribution in [0.2, 0.25) is 0 Å². The van der Waals surface area contributed by atoms with Crippen molar-refractivity contribution in [2.75, 3.05) is 11.9 Å². The average molecular weight is 651 g/mol. The molecule has 248 valence electrons. The molecule has 1 fully saturated rings. The SMILES string of the molecule is C=C(O)C(C)C1CCC(c2cc(-c3ccc(F)cc3C)c(N(C)C(=O)C(C)(C)c3cc(C(F)(F)F)cc(C(F)(F)F)c3)cn2)CC1. The highest BCUT2D eigenvalue weighted by atomic mass is 19.4. The summed E-state index contributed by atoms with van der Waals surface area (Å²) in [6, 6.07) is 7.14. The Kier molecular flexibility index (Phi) is 9.67. The number of alkyl halides is 6. The van der Waals surface area contributed by atoms with Gasteiger partial charge >= 0.3 is 12.4 Å².